The molecule has 29 heavy (non-hydrogen) atoms. The first-order valence-corrected chi connectivity index (χ1v) is 9.77. The molecule has 0 atom stereocenters. The van der Waals surface area contributed by atoms with Crippen LogP contribution in [-0.2, 0) is 14.3 Å². The van der Waals surface area contributed by atoms with Gasteiger partial charge in [-0.25, -0.2) is 4.79 Å². The number of piperidine rings is 1. The lowest BCUT2D eigenvalue weighted by Crippen LogP contribution is -2.46. The first kappa shape index (κ1) is 22.3. The van der Waals surface area contributed by atoms with Crippen molar-refractivity contribution >= 4 is 23.8 Å². The van der Waals surface area contributed by atoms with Gasteiger partial charge in [0.1, 0.15) is 6.26 Å². The predicted molar refractivity (Wildman–Crippen MR) is 103 cm³/mol. The summed E-state index contributed by atoms with van der Waals surface area (Å²) in [6.07, 6.45) is 4.54. The monoisotopic (exact) mass is 408 g/mol. The van der Waals surface area contributed by atoms with Crippen LogP contribution in [0, 0.1) is 0 Å². The smallest absolute Gasteiger partial charge is 0.409 e. The largest absolute Gasteiger partial charge is 0.472 e. The van der Waals surface area contributed by atoms with E-state index < -0.39 is 0 Å². The molecule has 10 heteroatoms. The molecule has 0 unspecified atom stereocenters. The van der Waals surface area contributed by atoms with Crippen molar-refractivity contribution in [1.82, 2.24) is 20.9 Å². The van der Waals surface area contributed by atoms with Gasteiger partial charge in [0, 0.05) is 32.1 Å². The highest BCUT2D eigenvalue weighted by atomic mass is 16.6. The highest BCUT2D eigenvalue weighted by molar-refractivity contribution is 5.96. The third-order valence-electron chi connectivity index (χ3n) is 4.48. The summed E-state index contributed by atoms with van der Waals surface area (Å²) in [5, 5.41) is 8.10. The average molecular weight is 408 g/mol. The third-order valence-corrected chi connectivity index (χ3v) is 4.48. The van der Waals surface area contributed by atoms with Crippen LogP contribution in [-0.4, -0.2) is 67.5 Å². The summed E-state index contributed by atoms with van der Waals surface area (Å²) in [6.45, 7) is 3.44. The first-order chi connectivity index (χ1) is 14.0. The lowest BCUT2D eigenvalue weighted by Gasteiger charge is -2.31. The molecule has 0 saturated carbocycles. The van der Waals surface area contributed by atoms with Gasteiger partial charge < -0.3 is 30.0 Å². The zero-order valence-electron chi connectivity index (χ0n) is 16.6. The van der Waals surface area contributed by atoms with Gasteiger partial charge in [0.2, 0.25) is 11.8 Å². The Kier molecular flexibility index (Phi) is 9.00. The van der Waals surface area contributed by atoms with Gasteiger partial charge in [-0.3, -0.25) is 14.4 Å². The van der Waals surface area contributed by atoms with Gasteiger partial charge >= 0.3 is 6.09 Å². The molecule has 1 aromatic heterocycles. The number of nitrogens with zero attached hydrogens (tertiary/aromatic N) is 1. The molecule has 1 fully saturated rings. The van der Waals surface area contributed by atoms with E-state index in [1.165, 1.54) is 18.6 Å². The molecule has 0 spiro atoms. The predicted octanol–water partition coefficient (Wildman–Crippen LogP) is 0.643. The third kappa shape index (κ3) is 7.84. The molecule has 1 aliphatic heterocycles. The van der Waals surface area contributed by atoms with Crippen molar-refractivity contribution in [2.24, 2.45) is 0 Å². The van der Waals surface area contributed by atoms with Gasteiger partial charge in [-0.05, 0) is 32.3 Å². The number of nitrogens with one attached hydrogen (secondary N) is 3. The fourth-order valence-electron chi connectivity index (χ4n) is 2.92. The van der Waals surface area contributed by atoms with Crippen molar-refractivity contribution in [2.75, 3.05) is 32.8 Å². The molecule has 160 valence electrons. The maximum absolute atomic E-state index is 12.0. The van der Waals surface area contributed by atoms with Crippen molar-refractivity contribution in [3.05, 3.63) is 24.2 Å². The molecule has 0 aromatic carbocycles. The molecular weight excluding hydrogens is 380 g/mol. The molecule has 10 nitrogen and oxygen atoms in total. The molecule has 4 amide bonds. The molecule has 2 rings (SSSR count). The number of carbonyl (C=O) groups is 4. The van der Waals surface area contributed by atoms with E-state index in [0.717, 1.165) is 0 Å². The number of ether oxygens (including phenoxy) is 1. The number of rotatable bonds is 9. The van der Waals surface area contributed by atoms with Crippen LogP contribution in [0.3, 0.4) is 0 Å². The number of likely N-dealkylation sites (tertiary alicyclic amines) is 1. The van der Waals surface area contributed by atoms with Crippen LogP contribution in [0.5, 0.6) is 0 Å². The molecular formula is C19H28N4O6. The minimum Gasteiger partial charge on any atom is -0.472 e. The van der Waals surface area contributed by atoms with Gasteiger partial charge in [-0.15, -0.1) is 0 Å². The van der Waals surface area contributed by atoms with Crippen LogP contribution in [0.15, 0.2) is 23.0 Å². The van der Waals surface area contributed by atoms with E-state index in [1.54, 1.807) is 11.8 Å². The number of hydrogen-bond donors (Lipinski definition) is 3. The Balaban J connectivity index is 1.52. The average Bonchev–Trinajstić information content (AvgIpc) is 3.25. The Morgan fingerprint density at radius 2 is 1.93 bits per heavy atom. The highest BCUT2D eigenvalue weighted by Gasteiger charge is 2.24. The Morgan fingerprint density at radius 3 is 2.59 bits per heavy atom. The quantitative estimate of drug-likeness (QED) is 0.514. The fraction of sp³-hybridized carbons (Fsp3) is 0.579. The molecule has 3 N–H and O–H groups in total. The van der Waals surface area contributed by atoms with Crippen molar-refractivity contribution < 1.29 is 28.3 Å². The van der Waals surface area contributed by atoms with Crippen LogP contribution in [0.25, 0.3) is 0 Å². The maximum atomic E-state index is 12.0. The molecule has 1 aromatic rings. The zero-order valence-corrected chi connectivity index (χ0v) is 16.6. The Bertz CT molecular complexity index is 683. The van der Waals surface area contributed by atoms with Crippen molar-refractivity contribution in [2.45, 2.75) is 38.6 Å². The Labute approximate surface area is 169 Å². The number of hydrogen-bond acceptors (Lipinski definition) is 6. The second-order valence-electron chi connectivity index (χ2n) is 6.68. The number of furan rings is 1. The summed E-state index contributed by atoms with van der Waals surface area (Å²) in [7, 11) is 0. The highest BCUT2D eigenvalue weighted by Crippen LogP contribution is 2.11. The minimum absolute atomic E-state index is 0.0425. The van der Waals surface area contributed by atoms with E-state index in [9.17, 15) is 19.2 Å². The van der Waals surface area contributed by atoms with E-state index in [4.69, 9.17) is 9.15 Å². The van der Waals surface area contributed by atoms with Gasteiger partial charge in [-0.2, -0.15) is 0 Å². The van der Waals surface area contributed by atoms with E-state index >= 15 is 0 Å². The normalized spacial score (nSPS) is 14.2. The van der Waals surface area contributed by atoms with Gasteiger partial charge in [-0.1, -0.05) is 0 Å². The second kappa shape index (κ2) is 11.7. The van der Waals surface area contributed by atoms with E-state index in [0.29, 0.717) is 57.5 Å². The molecule has 1 aliphatic rings. The van der Waals surface area contributed by atoms with Crippen molar-refractivity contribution in [1.29, 1.82) is 0 Å². The van der Waals surface area contributed by atoms with Gasteiger partial charge in [0.15, 0.2) is 0 Å². The lowest BCUT2D eigenvalue weighted by molar-refractivity contribution is -0.123. The van der Waals surface area contributed by atoms with Gasteiger partial charge in [0.05, 0.1) is 25.0 Å². The molecule has 0 aliphatic carbocycles. The summed E-state index contributed by atoms with van der Waals surface area (Å²) < 4.78 is 9.77. The summed E-state index contributed by atoms with van der Waals surface area (Å²) in [4.78, 5) is 48.7. The number of carbonyl (C=O) groups excluding carboxylic acids is 4. The Hall–Kier alpha value is -3.04. The summed E-state index contributed by atoms with van der Waals surface area (Å²) in [5.41, 5.74) is 0.350. The standard InChI is InChI=1S/C19H28N4O6/c1-2-29-19(27)23-9-5-15(6-10-23)22-16(24)4-3-8-20-17(25)12-21-18(26)14-7-11-28-13-14/h7,11,13,15H,2-6,8-10,12H2,1H3,(H,20,25)(H,21,26)(H,22,24). The van der Waals surface area contributed by atoms with Crippen LogP contribution >= 0.6 is 0 Å². The summed E-state index contributed by atoms with van der Waals surface area (Å²) >= 11 is 0. The van der Waals surface area contributed by atoms with Crippen molar-refractivity contribution in [3.63, 3.8) is 0 Å². The van der Waals surface area contributed by atoms with Crippen LogP contribution in [0.4, 0.5) is 4.79 Å². The molecule has 2 heterocycles. The van der Waals surface area contributed by atoms with Crippen LogP contribution in [0.2, 0.25) is 0 Å². The summed E-state index contributed by atoms with van der Waals surface area (Å²) in [5.74, 6) is -0.794. The van der Waals surface area contributed by atoms with E-state index in [-0.39, 0.29) is 36.4 Å². The van der Waals surface area contributed by atoms with Gasteiger partial charge in [0.25, 0.3) is 5.91 Å². The number of amides is 4. The second-order valence-corrected chi connectivity index (χ2v) is 6.68. The zero-order chi connectivity index (χ0) is 21.1. The van der Waals surface area contributed by atoms with E-state index in [2.05, 4.69) is 16.0 Å². The topological polar surface area (TPSA) is 130 Å². The molecule has 0 radical (unpaired) electrons. The molecule has 0 bridgehead atoms. The van der Waals surface area contributed by atoms with Crippen LogP contribution < -0.4 is 16.0 Å². The van der Waals surface area contributed by atoms with Crippen LogP contribution in [0.1, 0.15) is 43.0 Å². The maximum Gasteiger partial charge on any atom is 0.409 e. The Morgan fingerprint density at radius 1 is 1.17 bits per heavy atom. The minimum atomic E-state index is -0.387. The molecule has 1 saturated heterocycles. The SMILES string of the molecule is CCOC(=O)N1CCC(NC(=O)CCCNC(=O)CNC(=O)c2ccoc2)CC1. The fourth-order valence-corrected chi connectivity index (χ4v) is 2.92. The first-order valence-electron chi connectivity index (χ1n) is 9.77. The summed E-state index contributed by atoms with van der Waals surface area (Å²) in [6, 6.07) is 1.55. The lowest BCUT2D eigenvalue weighted by atomic mass is 10.1. The van der Waals surface area contributed by atoms with E-state index in [1.807, 2.05) is 0 Å². The van der Waals surface area contributed by atoms with Crippen molar-refractivity contribution in [3.8, 4) is 0 Å².